The molecule has 4 nitrogen and oxygen atoms in total. The Morgan fingerprint density at radius 2 is 2.25 bits per heavy atom. The van der Waals surface area contributed by atoms with Crippen LogP contribution >= 0.6 is 27.3 Å². The predicted octanol–water partition coefficient (Wildman–Crippen LogP) is 3.17. The normalized spacial score (nSPS) is 11.4. The highest BCUT2D eigenvalue weighted by molar-refractivity contribution is 9.10. The Kier molecular flexibility index (Phi) is 4.57. The second-order valence-corrected chi connectivity index (χ2v) is 7.15. The van der Waals surface area contributed by atoms with Crippen LogP contribution in [0, 0.1) is 0 Å². The van der Waals surface area contributed by atoms with E-state index < -0.39 is 5.54 Å². The molecule has 0 aliphatic rings. The summed E-state index contributed by atoms with van der Waals surface area (Å²) in [4.78, 5) is 17.1. The Morgan fingerprint density at radius 1 is 1.50 bits per heavy atom. The highest BCUT2D eigenvalue weighted by Crippen LogP contribution is 2.23. The van der Waals surface area contributed by atoms with E-state index in [1.807, 2.05) is 12.1 Å². The lowest BCUT2D eigenvalue weighted by Gasteiger charge is -2.16. The highest BCUT2D eigenvalue weighted by Gasteiger charge is 2.22. The van der Waals surface area contributed by atoms with Crippen LogP contribution in [0.4, 0.5) is 5.13 Å². The van der Waals surface area contributed by atoms with Gasteiger partial charge in [0.1, 0.15) is 0 Å². The fourth-order valence-corrected chi connectivity index (χ4v) is 2.84. The first-order valence-electron chi connectivity index (χ1n) is 6.14. The van der Waals surface area contributed by atoms with E-state index in [1.54, 1.807) is 20.0 Å². The van der Waals surface area contributed by atoms with E-state index in [-0.39, 0.29) is 5.91 Å². The number of hydrogen-bond donors (Lipinski definition) is 2. The molecule has 1 heterocycles. The highest BCUT2D eigenvalue weighted by atomic mass is 79.9. The molecule has 1 aromatic carbocycles. The van der Waals surface area contributed by atoms with Crippen molar-refractivity contribution in [2.45, 2.75) is 25.8 Å². The molecule has 2 aromatic rings. The van der Waals surface area contributed by atoms with Crippen LogP contribution in [0.2, 0.25) is 0 Å². The first kappa shape index (κ1) is 15.2. The first-order chi connectivity index (χ1) is 9.34. The van der Waals surface area contributed by atoms with Crippen molar-refractivity contribution in [3.8, 4) is 0 Å². The first-order valence-corrected chi connectivity index (χ1v) is 7.75. The third kappa shape index (κ3) is 4.13. The molecule has 2 rings (SSSR count). The van der Waals surface area contributed by atoms with Crippen molar-refractivity contribution in [1.82, 2.24) is 4.98 Å². The number of nitrogens with one attached hydrogen (secondary N) is 1. The van der Waals surface area contributed by atoms with Crippen molar-refractivity contribution >= 4 is 38.3 Å². The van der Waals surface area contributed by atoms with Crippen LogP contribution in [-0.2, 0) is 11.2 Å². The molecule has 0 saturated heterocycles. The molecule has 0 fully saturated rings. The third-order valence-corrected chi connectivity index (χ3v) is 4.03. The molecule has 20 heavy (non-hydrogen) atoms. The van der Waals surface area contributed by atoms with Gasteiger partial charge in [-0.25, -0.2) is 4.98 Å². The van der Waals surface area contributed by atoms with Gasteiger partial charge in [-0.2, -0.15) is 0 Å². The zero-order valence-corrected chi connectivity index (χ0v) is 13.7. The number of rotatable bonds is 4. The molecule has 0 aliphatic heterocycles. The Bertz CT molecular complexity index is 619. The molecule has 0 unspecified atom stereocenters. The van der Waals surface area contributed by atoms with E-state index in [2.05, 4.69) is 38.4 Å². The monoisotopic (exact) mass is 353 g/mol. The van der Waals surface area contributed by atoms with E-state index in [9.17, 15) is 4.79 Å². The summed E-state index contributed by atoms with van der Waals surface area (Å²) in [5.41, 5.74) is 6.02. The molecule has 106 valence electrons. The van der Waals surface area contributed by atoms with Gasteiger partial charge in [-0.1, -0.05) is 28.1 Å². The number of amides is 1. The van der Waals surface area contributed by atoms with Crippen molar-refractivity contribution in [2.75, 3.05) is 5.32 Å². The van der Waals surface area contributed by atoms with Gasteiger partial charge >= 0.3 is 0 Å². The van der Waals surface area contributed by atoms with Gasteiger partial charge < -0.3 is 11.1 Å². The number of nitrogens with zero attached hydrogens (tertiary/aromatic N) is 1. The van der Waals surface area contributed by atoms with E-state index in [0.29, 0.717) is 5.13 Å². The minimum Gasteiger partial charge on any atom is -0.318 e. The molecule has 1 aromatic heterocycles. The minimum absolute atomic E-state index is 0.235. The number of aromatic nitrogens is 1. The van der Waals surface area contributed by atoms with Gasteiger partial charge in [0, 0.05) is 22.0 Å². The van der Waals surface area contributed by atoms with Crippen molar-refractivity contribution < 1.29 is 4.79 Å². The smallest absolute Gasteiger partial charge is 0.245 e. The molecule has 1 amide bonds. The summed E-state index contributed by atoms with van der Waals surface area (Å²) >= 11 is 4.92. The molecule has 0 aliphatic carbocycles. The van der Waals surface area contributed by atoms with E-state index >= 15 is 0 Å². The third-order valence-electron chi connectivity index (χ3n) is 2.63. The summed E-state index contributed by atoms with van der Waals surface area (Å²) in [6.07, 6.45) is 2.57. The van der Waals surface area contributed by atoms with Gasteiger partial charge in [0.2, 0.25) is 5.91 Å². The quantitative estimate of drug-likeness (QED) is 0.886. The largest absolute Gasteiger partial charge is 0.318 e. The Labute approximate surface area is 130 Å². The summed E-state index contributed by atoms with van der Waals surface area (Å²) in [5.74, 6) is -0.235. The van der Waals surface area contributed by atoms with Crippen LogP contribution in [0.25, 0.3) is 0 Å². The number of halogens is 1. The Morgan fingerprint density at radius 3 is 2.90 bits per heavy atom. The van der Waals surface area contributed by atoms with Gasteiger partial charge in [0.15, 0.2) is 5.13 Å². The zero-order chi connectivity index (χ0) is 14.8. The van der Waals surface area contributed by atoms with Crippen molar-refractivity contribution in [3.05, 3.63) is 45.4 Å². The van der Waals surface area contributed by atoms with Crippen molar-refractivity contribution in [2.24, 2.45) is 5.73 Å². The molecule has 0 saturated carbocycles. The predicted molar refractivity (Wildman–Crippen MR) is 86.0 cm³/mol. The van der Waals surface area contributed by atoms with Crippen LogP contribution < -0.4 is 11.1 Å². The lowest BCUT2D eigenvalue weighted by Crippen LogP contribution is -2.45. The molecule has 6 heteroatoms. The molecule has 3 N–H and O–H groups in total. The Balaban J connectivity index is 2.04. The summed E-state index contributed by atoms with van der Waals surface area (Å²) < 4.78 is 1.05. The number of thiazole rings is 1. The Hall–Kier alpha value is -1.24. The maximum atomic E-state index is 11.8. The average molecular weight is 354 g/mol. The zero-order valence-electron chi connectivity index (χ0n) is 11.3. The van der Waals surface area contributed by atoms with Crippen LogP contribution in [-0.4, -0.2) is 16.4 Å². The second-order valence-electron chi connectivity index (χ2n) is 5.11. The average Bonchev–Trinajstić information content (AvgIpc) is 2.75. The number of carbonyl (C=O) groups is 1. The maximum Gasteiger partial charge on any atom is 0.245 e. The molecule has 0 radical (unpaired) electrons. The number of carbonyl (C=O) groups excluding carboxylic acids is 1. The molecule has 0 bridgehead atoms. The van der Waals surface area contributed by atoms with E-state index in [0.717, 1.165) is 15.8 Å². The number of hydrogen-bond acceptors (Lipinski definition) is 4. The van der Waals surface area contributed by atoms with Crippen LogP contribution in [0.3, 0.4) is 0 Å². The van der Waals surface area contributed by atoms with Crippen LogP contribution in [0.15, 0.2) is 34.9 Å². The summed E-state index contributed by atoms with van der Waals surface area (Å²) in [6, 6.07) is 8.12. The number of anilines is 1. The van der Waals surface area contributed by atoms with Crippen molar-refractivity contribution in [1.29, 1.82) is 0 Å². The topological polar surface area (TPSA) is 68.0 Å². The van der Waals surface area contributed by atoms with E-state index in [4.69, 9.17) is 5.73 Å². The molecule has 0 spiro atoms. The fraction of sp³-hybridized carbons (Fsp3) is 0.286. The van der Waals surface area contributed by atoms with Gasteiger partial charge in [-0.15, -0.1) is 11.3 Å². The summed E-state index contributed by atoms with van der Waals surface area (Å²) in [7, 11) is 0. The molecular weight excluding hydrogens is 338 g/mol. The SMILES string of the molecule is CC(C)(N)C(=O)Nc1ncc(Cc2cccc(Br)c2)s1. The van der Waals surface area contributed by atoms with Gasteiger partial charge in [0.05, 0.1) is 5.54 Å². The van der Waals surface area contributed by atoms with Crippen LogP contribution in [0.1, 0.15) is 24.3 Å². The van der Waals surface area contributed by atoms with Gasteiger partial charge in [-0.05, 0) is 31.5 Å². The minimum atomic E-state index is -0.907. The summed E-state index contributed by atoms with van der Waals surface area (Å²) in [5, 5.41) is 3.32. The standard InChI is InChI=1S/C14H16BrN3OS/c1-14(2,16)12(19)18-13-17-8-11(20-13)7-9-4-3-5-10(15)6-9/h3-6,8H,7,16H2,1-2H3,(H,17,18,19). The van der Waals surface area contributed by atoms with Gasteiger partial charge in [-0.3, -0.25) is 4.79 Å². The summed E-state index contributed by atoms with van der Waals surface area (Å²) in [6.45, 7) is 3.33. The van der Waals surface area contributed by atoms with E-state index in [1.165, 1.54) is 16.9 Å². The lowest BCUT2D eigenvalue weighted by molar-refractivity contribution is -0.120. The lowest BCUT2D eigenvalue weighted by atomic mass is 10.1. The molecular formula is C14H16BrN3OS. The number of benzene rings is 1. The van der Waals surface area contributed by atoms with Crippen LogP contribution in [0.5, 0.6) is 0 Å². The van der Waals surface area contributed by atoms with Gasteiger partial charge in [0.25, 0.3) is 0 Å². The maximum absolute atomic E-state index is 11.8. The fourth-order valence-electron chi connectivity index (χ4n) is 1.55. The second kappa shape index (κ2) is 6.03. The van der Waals surface area contributed by atoms with Crippen molar-refractivity contribution in [3.63, 3.8) is 0 Å². The number of nitrogens with two attached hydrogens (primary N) is 1. The molecule has 0 atom stereocenters.